The van der Waals surface area contributed by atoms with Crippen molar-refractivity contribution in [2.75, 3.05) is 14.2 Å². The van der Waals surface area contributed by atoms with Crippen LogP contribution < -0.4 is 4.74 Å². The van der Waals surface area contributed by atoms with Gasteiger partial charge in [-0.2, -0.15) is 0 Å². The summed E-state index contributed by atoms with van der Waals surface area (Å²) in [6.07, 6.45) is -2.89. The largest absolute Gasteiger partial charge is 0.497 e. The third-order valence-corrected chi connectivity index (χ3v) is 2.83. The van der Waals surface area contributed by atoms with Crippen LogP contribution in [0, 0.1) is 0 Å². The number of ether oxygens (including phenoxy) is 2. The normalized spacial score (nSPS) is 13.8. The van der Waals surface area contributed by atoms with Crippen molar-refractivity contribution >= 4 is 17.6 Å². The lowest BCUT2D eigenvalue weighted by Crippen LogP contribution is -2.22. The Kier molecular flexibility index (Phi) is 5.40. The van der Waals surface area contributed by atoms with E-state index in [9.17, 15) is 15.0 Å². The molecule has 1 aromatic rings. The maximum atomic E-state index is 11.0. The van der Waals surface area contributed by atoms with Crippen LogP contribution in [0.4, 0.5) is 0 Å². The summed E-state index contributed by atoms with van der Waals surface area (Å²) in [5.74, 6) is -0.112. The van der Waals surface area contributed by atoms with Gasteiger partial charge >= 0.3 is 5.97 Å². The third-order valence-electron chi connectivity index (χ3n) is 2.49. The fraction of sp³-hybridized carbons (Fsp3) is 0.417. The van der Waals surface area contributed by atoms with Crippen molar-refractivity contribution in [1.82, 2.24) is 0 Å². The van der Waals surface area contributed by atoms with Crippen LogP contribution in [0.3, 0.4) is 0 Å². The van der Waals surface area contributed by atoms with Gasteiger partial charge in [-0.25, -0.2) is 0 Å². The Morgan fingerprint density at radius 1 is 1.39 bits per heavy atom. The number of halogens is 1. The minimum absolute atomic E-state index is 0.284. The first-order chi connectivity index (χ1) is 8.49. The predicted molar refractivity (Wildman–Crippen MR) is 65.6 cm³/mol. The molecule has 0 heterocycles. The highest BCUT2D eigenvalue weighted by Gasteiger charge is 2.24. The first kappa shape index (κ1) is 14.8. The maximum absolute atomic E-state index is 11.0. The monoisotopic (exact) mass is 274 g/mol. The molecule has 100 valence electrons. The second kappa shape index (κ2) is 6.58. The van der Waals surface area contributed by atoms with Gasteiger partial charge in [0.15, 0.2) is 0 Å². The summed E-state index contributed by atoms with van der Waals surface area (Å²) in [5, 5.41) is 19.9. The van der Waals surface area contributed by atoms with Crippen LogP contribution in [-0.2, 0) is 9.53 Å². The summed E-state index contributed by atoms with van der Waals surface area (Å²) in [6, 6.07) is 4.68. The standard InChI is InChI=1S/C12H15ClO5/c1-17-7-3-4-9(13)8(5-7)12(16)10(14)6-11(15)18-2/h3-5,10,12,14,16H,6H2,1-2H3/t10-,12-/m1/s1. The first-order valence-electron chi connectivity index (χ1n) is 5.26. The zero-order valence-electron chi connectivity index (χ0n) is 10.1. The van der Waals surface area contributed by atoms with Gasteiger partial charge in [-0.1, -0.05) is 11.6 Å². The van der Waals surface area contributed by atoms with E-state index >= 15 is 0 Å². The number of rotatable bonds is 5. The molecule has 0 radical (unpaired) electrons. The molecule has 0 aromatic heterocycles. The van der Waals surface area contributed by atoms with E-state index in [-0.39, 0.29) is 11.4 Å². The fourth-order valence-electron chi connectivity index (χ4n) is 1.45. The number of hydrogen-bond donors (Lipinski definition) is 2. The molecule has 0 unspecified atom stereocenters. The molecule has 0 aliphatic heterocycles. The molecule has 18 heavy (non-hydrogen) atoms. The number of aliphatic hydroxyl groups is 2. The molecular weight excluding hydrogens is 260 g/mol. The molecule has 2 N–H and O–H groups in total. The summed E-state index contributed by atoms with van der Waals surface area (Å²) in [4.78, 5) is 11.0. The van der Waals surface area contributed by atoms with Crippen LogP contribution in [0.1, 0.15) is 18.1 Å². The minimum Gasteiger partial charge on any atom is -0.497 e. The Bertz CT molecular complexity index is 421. The number of esters is 1. The van der Waals surface area contributed by atoms with E-state index in [0.29, 0.717) is 11.3 Å². The van der Waals surface area contributed by atoms with E-state index in [1.165, 1.54) is 20.3 Å². The SMILES string of the molecule is COC(=O)C[C@@H](O)[C@H](O)c1cc(OC)ccc1Cl. The van der Waals surface area contributed by atoms with E-state index in [0.717, 1.165) is 0 Å². The lowest BCUT2D eigenvalue weighted by molar-refractivity contribution is -0.144. The molecule has 6 heteroatoms. The summed E-state index contributed by atoms with van der Waals surface area (Å²) < 4.78 is 9.41. The van der Waals surface area contributed by atoms with Crippen molar-refractivity contribution in [1.29, 1.82) is 0 Å². The maximum Gasteiger partial charge on any atom is 0.308 e. The third kappa shape index (κ3) is 3.60. The Morgan fingerprint density at radius 3 is 2.61 bits per heavy atom. The van der Waals surface area contributed by atoms with Crippen LogP contribution in [0.25, 0.3) is 0 Å². The summed E-state index contributed by atoms with van der Waals surface area (Å²) in [5.41, 5.74) is 0.299. The van der Waals surface area contributed by atoms with E-state index in [2.05, 4.69) is 4.74 Å². The Morgan fingerprint density at radius 2 is 2.06 bits per heavy atom. The smallest absolute Gasteiger partial charge is 0.308 e. The molecule has 0 saturated heterocycles. The topological polar surface area (TPSA) is 76.0 Å². The van der Waals surface area contributed by atoms with Crippen LogP contribution in [0.5, 0.6) is 5.75 Å². The average molecular weight is 275 g/mol. The van der Waals surface area contributed by atoms with Gasteiger partial charge in [0.2, 0.25) is 0 Å². The van der Waals surface area contributed by atoms with Crippen LogP contribution in [0.15, 0.2) is 18.2 Å². The van der Waals surface area contributed by atoms with Crippen molar-refractivity contribution in [3.63, 3.8) is 0 Å². The number of benzene rings is 1. The lowest BCUT2D eigenvalue weighted by atomic mass is 10.0. The van der Waals surface area contributed by atoms with E-state index in [4.69, 9.17) is 16.3 Å². The molecule has 0 saturated carbocycles. The molecule has 0 bridgehead atoms. The zero-order chi connectivity index (χ0) is 13.7. The summed E-state index contributed by atoms with van der Waals surface area (Å²) >= 11 is 5.92. The van der Waals surface area contributed by atoms with E-state index in [1.807, 2.05) is 0 Å². The second-order valence-corrected chi connectivity index (χ2v) is 4.09. The zero-order valence-corrected chi connectivity index (χ0v) is 10.8. The number of carbonyl (C=O) groups excluding carboxylic acids is 1. The molecule has 0 amide bonds. The van der Waals surface area contributed by atoms with Gasteiger partial charge < -0.3 is 19.7 Å². The van der Waals surface area contributed by atoms with Crippen LogP contribution >= 0.6 is 11.6 Å². The van der Waals surface area contributed by atoms with Gasteiger partial charge in [0.05, 0.1) is 26.7 Å². The highest BCUT2D eigenvalue weighted by Crippen LogP contribution is 2.30. The molecule has 0 fully saturated rings. The Labute approximate surface area is 110 Å². The Hall–Kier alpha value is -1.30. The highest BCUT2D eigenvalue weighted by molar-refractivity contribution is 6.31. The van der Waals surface area contributed by atoms with Crippen molar-refractivity contribution < 1.29 is 24.5 Å². The molecule has 1 rings (SSSR count). The fourth-order valence-corrected chi connectivity index (χ4v) is 1.68. The number of aliphatic hydroxyl groups excluding tert-OH is 2. The van der Waals surface area contributed by atoms with E-state index in [1.54, 1.807) is 12.1 Å². The number of carbonyl (C=O) groups is 1. The van der Waals surface area contributed by atoms with Crippen LogP contribution in [0.2, 0.25) is 5.02 Å². The van der Waals surface area contributed by atoms with Gasteiger partial charge in [0.25, 0.3) is 0 Å². The highest BCUT2D eigenvalue weighted by atomic mass is 35.5. The van der Waals surface area contributed by atoms with Crippen molar-refractivity contribution in [2.24, 2.45) is 0 Å². The van der Waals surface area contributed by atoms with Crippen molar-refractivity contribution in [2.45, 2.75) is 18.6 Å². The van der Waals surface area contributed by atoms with Gasteiger partial charge in [0.1, 0.15) is 11.9 Å². The first-order valence-corrected chi connectivity index (χ1v) is 5.63. The minimum atomic E-state index is -1.29. The molecular formula is C12H15ClO5. The Balaban J connectivity index is 2.88. The molecule has 0 aliphatic carbocycles. The van der Waals surface area contributed by atoms with Crippen molar-refractivity contribution in [3.8, 4) is 5.75 Å². The lowest BCUT2D eigenvalue weighted by Gasteiger charge is -2.18. The van der Waals surface area contributed by atoms with Crippen molar-refractivity contribution in [3.05, 3.63) is 28.8 Å². The second-order valence-electron chi connectivity index (χ2n) is 3.68. The number of hydrogen-bond acceptors (Lipinski definition) is 5. The summed E-state index contributed by atoms with van der Waals surface area (Å²) in [7, 11) is 2.68. The van der Waals surface area contributed by atoms with Crippen LogP contribution in [-0.4, -0.2) is 36.5 Å². The number of methoxy groups -OCH3 is 2. The molecule has 1 aromatic carbocycles. The van der Waals surface area contributed by atoms with E-state index < -0.39 is 18.2 Å². The summed E-state index contributed by atoms with van der Waals surface area (Å²) in [6.45, 7) is 0. The van der Waals surface area contributed by atoms with Gasteiger partial charge in [0, 0.05) is 10.6 Å². The quantitative estimate of drug-likeness (QED) is 0.792. The molecule has 0 spiro atoms. The van der Waals surface area contributed by atoms with Gasteiger partial charge in [-0.15, -0.1) is 0 Å². The molecule has 0 aliphatic rings. The van der Waals surface area contributed by atoms with Gasteiger partial charge in [-0.05, 0) is 18.2 Å². The predicted octanol–water partition coefficient (Wildman–Crippen LogP) is 1.31. The molecule has 5 nitrogen and oxygen atoms in total. The average Bonchev–Trinajstić information content (AvgIpc) is 2.38. The van der Waals surface area contributed by atoms with Gasteiger partial charge in [-0.3, -0.25) is 4.79 Å². The molecule has 2 atom stereocenters.